The molecule has 1 fully saturated rings. The van der Waals surface area contributed by atoms with Gasteiger partial charge in [-0.1, -0.05) is 6.92 Å². The van der Waals surface area contributed by atoms with Crippen molar-refractivity contribution in [3.05, 3.63) is 24.2 Å². The van der Waals surface area contributed by atoms with Crippen molar-refractivity contribution in [2.75, 3.05) is 45.9 Å². The standard InChI is InChI=1S/C19H34N4O2/c1-3-20-19(22-14-17(2)15-23-10-4-5-11-23)21-9-7-12-24-16-18-8-6-13-25-18/h6,8,13,17H,3-5,7,9-12,14-16H2,1-2H3,(H2,20,21,22). The molecule has 1 aromatic heterocycles. The molecule has 1 aliphatic heterocycles. The molecular weight excluding hydrogens is 316 g/mol. The fraction of sp³-hybridized carbons (Fsp3) is 0.737. The lowest BCUT2D eigenvalue weighted by Crippen LogP contribution is -2.38. The molecule has 0 amide bonds. The number of guanidine groups is 1. The molecule has 6 heteroatoms. The average Bonchev–Trinajstić information content (AvgIpc) is 3.29. The quantitative estimate of drug-likeness (QED) is 0.365. The number of furan rings is 1. The van der Waals surface area contributed by atoms with E-state index in [9.17, 15) is 0 Å². The van der Waals surface area contributed by atoms with E-state index in [2.05, 4.69) is 29.4 Å². The van der Waals surface area contributed by atoms with Crippen LogP contribution in [0.5, 0.6) is 0 Å². The van der Waals surface area contributed by atoms with Gasteiger partial charge in [0.05, 0.1) is 6.26 Å². The first-order valence-electron chi connectivity index (χ1n) is 9.62. The van der Waals surface area contributed by atoms with Gasteiger partial charge in [0.15, 0.2) is 5.96 Å². The number of rotatable bonds is 11. The summed E-state index contributed by atoms with van der Waals surface area (Å²) in [5.41, 5.74) is 0. The zero-order valence-electron chi connectivity index (χ0n) is 15.8. The lowest BCUT2D eigenvalue weighted by Gasteiger charge is -2.19. The Morgan fingerprint density at radius 1 is 1.36 bits per heavy atom. The van der Waals surface area contributed by atoms with Crippen LogP contribution in [-0.4, -0.2) is 56.7 Å². The molecule has 1 unspecified atom stereocenters. The number of nitrogens with one attached hydrogen (secondary N) is 2. The number of aliphatic imine (C=N–C) groups is 1. The van der Waals surface area contributed by atoms with Crippen molar-refractivity contribution in [3.8, 4) is 0 Å². The minimum Gasteiger partial charge on any atom is -0.467 e. The summed E-state index contributed by atoms with van der Waals surface area (Å²) in [5.74, 6) is 2.36. The van der Waals surface area contributed by atoms with E-state index in [0.717, 1.165) is 44.3 Å². The van der Waals surface area contributed by atoms with Crippen molar-refractivity contribution >= 4 is 5.96 Å². The average molecular weight is 351 g/mol. The lowest BCUT2D eigenvalue weighted by atomic mass is 10.2. The van der Waals surface area contributed by atoms with E-state index in [0.29, 0.717) is 19.1 Å². The van der Waals surface area contributed by atoms with Crippen LogP contribution >= 0.6 is 0 Å². The van der Waals surface area contributed by atoms with Crippen molar-refractivity contribution in [2.24, 2.45) is 10.9 Å². The molecule has 1 saturated heterocycles. The highest BCUT2D eigenvalue weighted by atomic mass is 16.5. The van der Waals surface area contributed by atoms with Crippen LogP contribution in [0.25, 0.3) is 0 Å². The third kappa shape index (κ3) is 8.40. The van der Waals surface area contributed by atoms with Gasteiger partial charge in [-0.2, -0.15) is 0 Å². The molecule has 0 spiro atoms. The first-order chi connectivity index (χ1) is 12.3. The monoisotopic (exact) mass is 350 g/mol. The molecular formula is C19H34N4O2. The van der Waals surface area contributed by atoms with E-state index >= 15 is 0 Å². The molecule has 0 radical (unpaired) electrons. The summed E-state index contributed by atoms with van der Waals surface area (Å²) in [7, 11) is 0. The molecule has 1 aliphatic rings. The summed E-state index contributed by atoms with van der Waals surface area (Å²) in [6.45, 7) is 11.9. The first-order valence-corrected chi connectivity index (χ1v) is 9.62. The smallest absolute Gasteiger partial charge is 0.191 e. The summed E-state index contributed by atoms with van der Waals surface area (Å²) in [4.78, 5) is 7.28. The van der Waals surface area contributed by atoms with Gasteiger partial charge in [-0.05, 0) is 57.3 Å². The van der Waals surface area contributed by atoms with Crippen LogP contribution in [0.3, 0.4) is 0 Å². The molecule has 2 N–H and O–H groups in total. The maximum absolute atomic E-state index is 5.59. The summed E-state index contributed by atoms with van der Waals surface area (Å²) in [6.07, 6.45) is 5.31. The molecule has 1 aromatic rings. The maximum atomic E-state index is 5.59. The Balaban J connectivity index is 1.57. The highest BCUT2D eigenvalue weighted by Gasteiger charge is 2.14. The number of likely N-dealkylation sites (tertiary alicyclic amines) is 1. The second-order valence-electron chi connectivity index (χ2n) is 6.74. The van der Waals surface area contributed by atoms with Crippen LogP contribution < -0.4 is 10.6 Å². The minimum absolute atomic E-state index is 0.537. The largest absolute Gasteiger partial charge is 0.467 e. The van der Waals surface area contributed by atoms with Gasteiger partial charge in [-0.15, -0.1) is 0 Å². The van der Waals surface area contributed by atoms with Crippen molar-refractivity contribution in [2.45, 2.75) is 39.7 Å². The molecule has 0 aromatic carbocycles. The molecule has 0 saturated carbocycles. The Hall–Kier alpha value is -1.53. The molecule has 0 aliphatic carbocycles. The Bertz CT molecular complexity index is 470. The Labute approximate surface area is 152 Å². The predicted octanol–water partition coefficient (Wildman–Crippen LogP) is 2.47. The van der Waals surface area contributed by atoms with Gasteiger partial charge in [0, 0.05) is 32.8 Å². The van der Waals surface area contributed by atoms with E-state index in [-0.39, 0.29) is 0 Å². The molecule has 6 nitrogen and oxygen atoms in total. The van der Waals surface area contributed by atoms with Crippen LogP contribution in [0.4, 0.5) is 0 Å². The van der Waals surface area contributed by atoms with Crippen LogP contribution in [-0.2, 0) is 11.3 Å². The van der Waals surface area contributed by atoms with Crippen molar-refractivity contribution in [1.82, 2.24) is 15.5 Å². The van der Waals surface area contributed by atoms with Crippen LogP contribution in [0.2, 0.25) is 0 Å². The van der Waals surface area contributed by atoms with Gasteiger partial charge in [0.1, 0.15) is 12.4 Å². The Morgan fingerprint density at radius 2 is 2.20 bits per heavy atom. The highest BCUT2D eigenvalue weighted by molar-refractivity contribution is 5.79. The summed E-state index contributed by atoms with van der Waals surface area (Å²) in [6, 6.07) is 3.81. The van der Waals surface area contributed by atoms with Gasteiger partial charge in [-0.3, -0.25) is 4.99 Å². The van der Waals surface area contributed by atoms with Crippen LogP contribution in [0.1, 0.15) is 38.9 Å². The SMILES string of the molecule is CCNC(=NCC(C)CN1CCCC1)NCCCOCc1ccco1. The molecule has 1 atom stereocenters. The van der Waals surface area contributed by atoms with Gasteiger partial charge in [0.2, 0.25) is 0 Å². The second kappa shape index (κ2) is 11.9. The third-order valence-corrected chi connectivity index (χ3v) is 4.26. The zero-order valence-corrected chi connectivity index (χ0v) is 15.8. The molecule has 2 rings (SSSR count). The summed E-state index contributed by atoms with van der Waals surface area (Å²) in [5, 5.41) is 6.70. The van der Waals surface area contributed by atoms with Crippen molar-refractivity contribution in [1.29, 1.82) is 0 Å². The van der Waals surface area contributed by atoms with Gasteiger partial charge < -0.3 is 24.7 Å². The topological polar surface area (TPSA) is 62.0 Å². The molecule has 0 bridgehead atoms. The van der Waals surface area contributed by atoms with E-state index in [1.54, 1.807) is 6.26 Å². The number of nitrogens with zero attached hydrogens (tertiary/aromatic N) is 2. The number of hydrogen-bond acceptors (Lipinski definition) is 4. The van der Waals surface area contributed by atoms with E-state index in [1.807, 2.05) is 12.1 Å². The Kier molecular flexibility index (Phi) is 9.44. The zero-order chi connectivity index (χ0) is 17.7. The fourth-order valence-corrected chi connectivity index (χ4v) is 3.00. The fourth-order valence-electron chi connectivity index (χ4n) is 3.00. The van der Waals surface area contributed by atoms with E-state index in [1.165, 1.54) is 25.9 Å². The van der Waals surface area contributed by atoms with E-state index < -0.39 is 0 Å². The maximum Gasteiger partial charge on any atom is 0.191 e. The van der Waals surface area contributed by atoms with Gasteiger partial charge in [0.25, 0.3) is 0 Å². The Morgan fingerprint density at radius 3 is 2.92 bits per heavy atom. The highest BCUT2D eigenvalue weighted by Crippen LogP contribution is 2.10. The minimum atomic E-state index is 0.537. The van der Waals surface area contributed by atoms with Gasteiger partial charge >= 0.3 is 0 Å². The normalized spacial score (nSPS) is 17.0. The summed E-state index contributed by atoms with van der Waals surface area (Å²) < 4.78 is 10.8. The number of ether oxygens (including phenoxy) is 1. The lowest BCUT2D eigenvalue weighted by molar-refractivity contribution is 0.105. The first kappa shape index (κ1) is 19.8. The van der Waals surface area contributed by atoms with Crippen molar-refractivity contribution < 1.29 is 9.15 Å². The molecule has 2 heterocycles. The second-order valence-corrected chi connectivity index (χ2v) is 6.74. The van der Waals surface area contributed by atoms with Crippen LogP contribution in [0.15, 0.2) is 27.8 Å². The molecule has 142 valence electrons. The summed E-state index contributed by atoms with van der Waals surface area (Å²) >= 11 is 0. The number of hydrogen-bond donors (Lipinski definition) is 2. The predicted molar refractivity (Wildman–Crippen MR) is 102 cm³/mol. The van der Waals surface area contributed by atoms with Crippen LogP contribution in [0, 0.1) is 5.92 Å². The van der Waals surface area contributed by atoms with Crippen molar-refractivity contribution in [3.63, 3.8) is 0 Å². The molecule has 25 heavy (non-hydrogen) atoms. The van der Waals surface area contributed by atoms with E-state index in [4.69, 9.17) is 14.1 Å². The van der Waals surface area contributed by atoms with Gasteiger partial charge in [-0.25, -0.2) is 0 Å². The third-order valence-electron chi connectivity index (χ3n) is 4.26.